The summed E-state index contributed by atoms with van der Waals surface area (Å²) < 4.78 is 0. The van der Waals surface area contributed by atoms with Crippen LogP contribution in [0.1, 0.15) is 57.0 Å². The molecular weight excluding hydrogens is 304 g/mol. The number of rotatable bonds is 4. The Morgan fingerprint density at radius 2 is 1.79 bits per heavy atom. The molecule has 134 valence electrons. The van der Waals surface area contributed by atoms with Crippen LogP contribution in [-0.4, -0.2) is 63.5 Å². The van der Waals surface area contributed by atoms with E-state index in [2.05, 4.69) is 29.7 Å². The van der Waals surface area contributed by atoms with Crippen LogP contribution in [0.25, 0.3) is 0 Å². The van der Waals surface area contributed by atoms with Crippen LogP contribution >= 0.6 is 0 Å². The van der Waals surface area contributed by atoms with Crippen molar-refractivity contribution in [2.75, 3.05) is 31.1 Å². The first kappa shape index (κ1) is 17.6. The molecule has 2 aliphatic rings. The molecule has 2 saturated heterocycles. The first-order valence-corrected chi connectivity index (χ1v) is 9.22. The van der Waals surface area contributed by atoms with E-state index in [4.69, 9.17) is 9.97 Å². The van der Waals surface area contributed by atoms with Gasteiger partial charge in [0.15, 0.2) is 0 Å². The minimum absolute atomic E-state index is 0.233. The highest BCUT2D eigenvalue weighted by atomic mass is 16.3. The van der Waals surface area contributed by atoms with E-state index in [1.807, 2.05) is 0 Å². The van der Waals surface area contributed by atoms with Crippen molar-refractivity contribution < 1.29 is 10.2 Å². The van der Waals surface area contributed by atoms with E-state index in [9.17, 15) is 10.2 Å². The monoisotopic (exact) mass is 334 g/mol. The number of aliphatic hydroxyl groups is 2. The Bertz CT molecular complexity index is 552. The smallest absolute Gasteiger partial charge is 0.144 e. The van der Waals surface area contributed by atoms with E-state index < -0.39 is 0 Å². The number of anilines is 1. The summed E-state index contributed by atoms with van der Waals surface area (Å²) in [5, 5.41) is 19.8. The Morgan fingerprint density at radius 1 is 1.08 bits per heavy atom. The van der Waals surface area contributed by atoms with Gasteiger partial charge in [0.2, 0.25) is 0 Å². The van der Waals surface area contributed by atoms with Gasteiger partial charge in [-0.3, -0.25) is 4.90 Å². The van der Waals surface area contributed by atoms with Crippen LogP contribution in [0.3, 0.4) is 0 Å². The van der Waals surface area contributed by atoms with Crippen molar-refractivity contribution in [3.8, 4) is 0 Å². The van der Waals surface area contributed by atoms with Gasteiger partial charge in [0.25, 0.3) is 0 Å². The zero-order valence-corrected chi connectivity index (χ0v) is 14.9. The van der Waals surface area contributed by atoms with Gasteiger partial charge < -0.3 is 15.1 Å². The number of likely N-dealkylation sites (tertiary alicyclic amines) is 1. The van der Waals surface area contributed by atoms with Crippen molar-refractivity contribution in [3.05, 3.63) is 17.6 Å². The van der Waals surface area contributed by atoms with Crippen LogP contribution in [0, 0.1) is 0 Å². The molecule has 2 fully saturated rings. The van der Waals surface area contributed by atoms with Gasteiger partial charge in [-0.2, -0.15) is 0 Å². The molecule has 2 unspecified atom stereocenters. The summed E-state index contributed by atoms with van der Waals surface area (Å²) in [7, 11) is 0. The van der Waals surface area contributed by atoms with Crippen LogP contribution in [0.5, 0.6) is 0 Å². The van der Waals surface area contributed by atoms with E-state index >= 15 is 0 Å². The Kier molecular flexibility index (Phi) is 5.69. The lowest BCUT2D eigenvalue weighted by Crippen LogP contribution is -2.40. The highest BCUT2D eigenvalue weighted by molar-refractivity contribution is 5.41. The van der Waals surface area contributed by atoms with E-state index in [-0.39, 0.29) is 12.2 Å². The Morgan fingerprint density at radius 3 is 2.46 bits per heavy atom. The second kappa shape index (κ2) is 7.76. The number of nitrogens with zero attached hydrogens (tertiary/aromatic N) is 4. The number of hydrogen-bond acceptors (Lipinski definition) is 6. The number of hydrogen-bond donors (Lipinski definition) is 2. The fraction of sp³-hybridized carbons (Fsp3) is 0.778. The molecule has 6 heteroatoms. The summed E-state index contributed by atoms with van der Waals surface area (Å²) in [5.74, 6) is 2.09. The summed E-state index contributed by atoms with van der Waals surface area (Å²) >= 11 is 0. The first-order chi connectivity index (χ1) is 11.5. The zero-order chi connectivity index (χ0) is 17.1. The maximum atomic E-state index is 9.96. The topological polar surface area (TPSA) is 72.7 Å². The average molecular weight is 334 g/mol. The summed E-state index contributed by atoms with van der Waals surface area (Å²) in [6.07, 6.45) is 3.28. The predicted molar refractivity (Wildman–Crippen MR) is 94.1 cm³/mol. The quantitative estimate of drug-likeness (QED) is 0.870. The molecule has 1 aromatic heterocycles. The van der Waals surface area contributed by atoms with Crippen LogP contribution in [-0.2, 0) is 6.54 Å². The number of β-amino-alcohol motifs (C(OH)–C–C–N with tert-alkyl or cyclic N) is 2. The minimum Gasteiger partial charge on any atom is -0.392 e. The van der Waals surface area contributed by atoms with E-state index in [0.29, 0.717) is 25.6 Å². The molecule has 2 aliphatic heterocycles. The molecule has 0 spiro atoms. The Labute approximate surface area is 144 Å². The van der Waals surface area contributed by atoms with Gasteiger partial charge in [-0.1, -0.05) is 13.8 Å². The normalized spacial score (nSPS) is 26.1. The number of aromatic nitrogens is 2. The Hall–Kier alpha value is -1.24. The third-order valence-corrected chi connectivity index (χ3v) is 4.94. The summed E-state index contributed by atoms with van der Waals surface area (Å²) in [4.78, 5) is 13.9. The molecule has 24 heavy (non-hydrogen) atoms. The van der Waals surface area contributed by atoms with Crippen molar-refractivity contribution >= 4 is 5.82 Å². The average Bonchev–Trinajstić information content (AvgIpc) is 2.54. The van der Waals surface area contributed by atoms with Gasteiger partial charge >= 0.3 is 0 Å². The predicted octanol–water partition coefficient (Wildman–Crippen LogP) is 1.52. The second-order valence-corrected chi connectivity index (χ2v) is 7.50. The van der Waals surface area contributed by atoms with Gasteiger partial charge in [0.05, 0.1) is 18.8 Å². The van der Waals surface area contributed by atoms with Gasteiger partial charge in [-0.25, -0.2) is 9.97 Å². The molecule has 0 aromatic carbocycles. The first-order valence-electron chi connectivity index (χ1n) is 9.22. The molecular formula is C18H30N4O2. The van der Waals surface area contributed by atoms with Crippen molar-refractivity contribution in [1.82, 2.24) is 14.9 Å². The number of aliphatic hydroxyl groups excluding tert-OH is 2. The maximum Gasteiger partial charge on any atom is 0.144 e. The van der Waals surface area contributed by atoms with Gasteiger partial charge in [0, 0.05) is 31.4 Å². The van der Waals surface area contributed by atoms with Crippen molar-refractivity contribution in [2.45, 2.75) is 64.2 Å². The van der Waals surface area contributed by atoms with Crippen molar-refractivity contribution in [2.24, 2.45) is 0 Å². The molecule has 0 radical (unpaired) electrons. The van der Waals surface area contributed by atoms with Crippen LogP contribution < -0.4 is 4.90 Å². The molecule has 6 nitrogen and oxygen atoms in total. The standard InChI is InChI=1S/C18H30N4O2/c1-13(2)16-9-18(22-8-4-6-15(24)11-22)20-17(19-16)12-21-7-3-5-14(23)10-21/h9,13-15,23-24H,3-8,10-12H2,1-2H3. The molecule has 2 N–H and O–H groups in total. The zero-order valence-electron chi connectivity index (χ0n) is 14.9. The molecule has 0 aliphatic carbocycles. The lowest BCUT2D eigenvalue weighted by atomic mass is 10.1. The third-order valence-electron chi connectivity index (χ3n) is 4.94. The summed E-state index contributed by atoms with van der Waals surface area (Å²) in [6.45, 7) is 8.25. The van der Waals surface area contributed by atoms with Crippen molar-refractivity contribution in [1.29, 1.82) is 0 Å². The fourth-order valence-corrected chi connectivity index (χ4v) is 3.57. The molecule has 3 heterocycles. The molecule has 0 amide bonds. The lowest BCUT2D eigenvalue weighted by Gasteiger charge is -2.32. The SMILES string of the molecule is CC(C)c1cc(N2CCCC(O)C2)nc(CN2CCCC(O)C2)n1. The van der Waals surface area contributed by atoms with Crippen molar-refractivity contribution in [3.63, 3.8) is 0 Å². The minimum atomic E-state index is -0.267. The lowest BCUT2D eigenvalue weighted by molar-refractivity contribution is 0.0654. The third kappa shape index (κ3) is 4.43. The molecule has 3 rings (SSSR count). The highest BCUT2D eigenvalue weighted by Gasteiger charge is 2.22. The van der Waals surface area contributed by atoms with E-state index in [1.54, 1.807) is 0 Å². The number of piperidine rings is 2. The van der Waals surface area contributed by atoms with Gasteiger partial charge in [0.1, 0.15) is 11.6 Å². The molecule has 0 bridgehead atoms. The van der Waals surface area contributed by atoms with E-state index in [1.165, 1.54) is 0 Å². The fourth-order valence-electron chi connectivity index (χ4n) is 3.57. The van der Waals surface area contributed by atoms with E-state index in [0.717, 1.165) is 56.1 Å². The molecule has 2 atom stereocenters. The summed E-state index contributed by atoms with van der Waals surface area (Å²) in [6, 6.07) is 2.07. The van der Waals surface area contributed by atoms with Gasteiger partial charge in [-0.05, 0) is 38.1 Å². The van der Waals surface area contributed by atoms with Crippen LogP contribution in [0.15, 0.2) is 6.07 Å². The van der Waals surface area contributed by atoms with Crippen LogP contribution in [0.2, 0.25) is 0 Å². The Balaban J connectivity index is 1.80. The maximum absolute atomic E-state index is 9.96. The summed E-state index contributed by atoms with van der Waals surface area (Å²) in [5.41, 5.74) is 1.05. The van der Waals surface area contributed by atoms with Gasteiger partial charge in [-0.15, -0.1) is 0 Å². The molecule has 1 aromatic rings. The second-order valence-electron chi connectivity index (χ2n) is 7.50. The van der Waals surface area contributed by atoms with Crippen LogP contribution in [0.4, 0.5) is 5.82 Å². The largest absolute Gasteiger partial charge is 0.392 e. The molecule has 0 saturated carbocycles. The highest BCUT2D eigenvalue weighted by Crippen LogP contribution is 2.23.